The van der Waals surface area contributed by atoms with Gasteiger partial charge in [-0.15, -0.1) is 0 Å². The molecule has 0 fully saturated rings. The Balaban J connectivity index is 1.89. The number of nitrogens with zero attached hydrogens (tertiary/aromatic N) is 6. The van der Waals surface area contributed by atoms with Gasteiger partial charge in [-0.05, 0) is 36.8 Å². The summed E-state index contributed by atoms with van der Waals surface area (Å²) < 4.78 is 3.35. The lowest BCUT2D eigenvalue weighted by molar-refractivity contribution is 0.819. The van der Waals surface area contributed by atoms with Crippen molar-refractivity contribution in [3.8, 4) is 22.8 Å². The van der Waals surface area contributed by atoms with E-state index in [1.807, 2.05) is 25.1 Å². The second-order valence-electron chi connectivity index (χ2n) is 5.47. The lowest BCUT2D eigenvalue weighted by Crippen LogP contribution is -2.15. The molecule has 7 nitrogen and oxygen atoms in total. The Bertz CT molecular complexity index is 1080. The van der Waals surface area contributed by atoms with Gasteiger partial charge in [-0.1, -0.05) is 0 Å². The second-order valence-corrected chi connectivity index (χ2v) is 5.47. The van der Waals surface area contributed by atoms with Crippen molar-refractivity contribution in [3.63, 3.8) is 0 Å². The molecular weight excluding hydrogens is 316 g/mol. The number of rotatable bonds is 3. The summed E-state index contributed by atoms with van der Waals surface area (Å²) in [6.45, 7) is 1.95. The van der Waals surface area contributed by atoms with Crippen LogP contribution in [0.25, 0.3) is 22.8 Å². The first-order valence-corrected chi connectivity index (χ1v) is 7.70. The van der Waals surface area contributed by atoms with Crippen LogP contribution in [-0.4, -0.2) is 29.5 Å². The van der Waals surface area contributed by atoms with Gasteiger partial charge in [0.05, 0.1) is 23.3 Å². The van der Waals surface area contributed by atoms with Gasteiger partial charge in [-0.3, -0.25) is 14.8 Å². The average Bonchev–Trinajstić information content (AvgIpc) is 3.12. The first-order valence-electron chi connectivity index (χ1n) is 7.70. The maximum Gasteiger partial charge on any atom is 0.209 e. The van der Waals surface area contributed by atoms with Crippen LogP contribution in [0.15, 0.2) is 72.3 Å². The number of aromatic nitrogens is 6. The van der Waals surface area contributed by atoms with E-state index in [4.69, 9.17) is 0 Å². The third-order valence-electron chi connectivity index (χ3n) is 3.84. The van der Waals surface area contributed by atoms with Crippen molar-refractivity contribution in [1.82, 2.24) is 29.5 Å². The Morgan fingerprint density at radius 1 is 0.920 bits per heavy atom. The van der Waals surface area contributed by atoms with Gasteiger partial charge in [0.25, 0.3) is 0 Å². The summed E-state index contributed by atoms with van der Waals surface area (Å²) in [7, 11) is 0. The van der Waals surface area contributed by atoms with Gasteiger partial charge in [-0.25, -0.2) is 9.36 Å². The van der Waals surface area contributed by atoms with Crippen LogP contribution in [0.1, 0.15) is 5.56 Å². The van der Waals surface area contributed by atoms with Gasteiger partial charge in [-0.2, -0.15) is 10.2 Å². The van der Waals surface area contributed by atoms with Gasteiger partial charge < -0.3 is 0 Å². The lowest BCUT2D eigenvalue weighted by atomic mass is 10.2. The van der Waals surface area contributed by atoms with Gasteiger partial charge in [0.15, 0.2) is 5.69 Å². The van der Waals surface area contributed by atoms with Crippen LogP contribution in [0.2, 0.25) is 0 Å². The molecule has 4 rings (SSSR count). The molecule has 4 heterocycles. The van der Waals surface area contributed by atoms with E-state index in [2.05, 4.69) is 20.2 Å². The molecule has 25 heavy (non-hydrogen) atoms. The lowest BCUT2D eigenvalue weighted by Gasteiger charge is -2.10. The summed E-state index contributed by atoms with van der Waals surface area (Å²) in [5.74, 6) is 0. The highest BCUT2D eigenvalue weighted by Gasteiger charge is 2.14. The third kappa shape index (κ3) is 2.72. The number of hydrogen-bond acceptors (Lipinski definition) is 5. The molecule has 0 saturated carbocycles. The van der Waals surface area contributed by atoms with Crippen LogP contribution in [0.3, 0.4) is 0 Å². The van der Waals surface area contributed by atoms with E-state index in [1.165, 1.54) is 6.07 Å². The molecule has 0 radical (unpaired) electrons. The smallest absolute Gasteiger partial charge is 0.209 e. The van der Waals surface area contributed by atoms with Crippen LogP contribution in [-0.2, 0) is 0 Å². The van der Waals surface area contributed by atoms with Crippen molar-refractivity contribution in [2.45, 2.75) is 6.92 Å². The van der Waals surface area contributed by atoms with Crippen LogP contribution in [0.4, 0.5) is 0 Å². The minimum Gasteiger partial charge on any atom is -0.287 e. The summed E-state index contributed by atoms with van der Waals surface area (Å²) in [6, 6.07) is 8.79. The fourth-order valence-corrected chi connectivity index (χ4v) is 2.60. The topological polar surface area (TPSA) is 78.5 Å². The first kappa shape index (κ1) is 14.9. The van der Waals surface area contributed by atoms with Crippen molar-refractivity contribution in [2.24, 2.45) is 0 Å². The third-order valence-corrected chi connectivity index (χ3v) is 3.84. The van der Waals surface area contributed by atoms with Gasteiger partial charge in [0, 0.05) is 37.1 Å². The van der Waals surface area contributed by atoms with Crippen molar-refractivity contribution in [3.05, 3.63) is 83.3 Å². The summed E-state index contributed by atoms with van der Waals surface area (Å²) in [4.78, 5) is 20.5. The molecule has 0 saturated heterocycles. The molecule has 0 aliphatic carbocycles. The molecule has 0 unspecified atom stereocenters. The Hall–Kier alpha value is -3.61. The largest absolute Gasteiger partial charge is 0.287 e. The minimum atomic E-state index is -0.168. The highest BCUT2D eigenvalue weighted by atomic mass is 16.1. The predicted molar refractivity (Wildman–Crippen MR) is 92.7 cm³/mol. The van der Waals surface area contributed by atoms with E-state index < -0.39 is 0 Å². The summed E-state index contributed by atoms with van der Waals surface area (Å²) in [6.07, 6.45) is 10.1. The van der Waals surface area contributed by atoms with E-state index in [0.29, 0.717) is 11.4 Å². The molecule has 0 aromatic carbocycles. The Morgan fingerprint density at radius 2 is 1.72 bits per heavy atom. The Kier molecular flexibility index (Phi) is 3.66. The fraction of sp³-hybridized carbons (Fsp3) is 0.0556. The number of aryl methyl sites for hydroxylation is 1. The van der Waals surface area contributed by atoms with Crippen molar-refractivity contribution in [1.29, 1.82) is 0 Å². The van der Waals surface area contributed by atoms with E-state index in [0.717, 1.165) is 16.9 Å². The SMILES string of the molecule is Cc1cnccc1-n1nccc1-c1nn(-c2ccncc2)ccc1=O. The minimum absolute atomic E-state index is 0.168. The highest BCUT2D eigenvalue weighted by Crippen LogP contribution is 2.20. The molecule has 4 aromatic heterocycles. The first-order chi connectivity index (χ1) is 12.2. The van der Waals surface area contributed by atoms with Crippen LogP contribution >= 0.6 is 0 Å². The van der Waals surface area contributed by atoms with Crippen molar-refractivity contribution < 1.29 is 0 Å². The normalized spacial score (nSPS) is 10.8. The van der Waals surface area contributed by atoms with Gasteiger partial charge in [0.2, 0.25) is 5.43 Å². The molecule has 7 heteroatoms. The quantitative estimate of drug-likeness (QED) is 0.575. The van der Waals surface area contributed by atoms with Crippen molar-refractivity contribution >= 4 is 0 Å². The predicted octanol–water partition coefficient (Wildman–Crippen LogP) is 2.18. The molecule has 0 bridgehead atoms. The highest BCUT2D eigenvalue weighted by molar-refractivity contribution is 5.58. The zero-order valence-electron chi connectivity index (χ0n) is 13.4. The van der Waals surface area contributed by atoms with Gasteiger partial charge in [0.1, 0.15) is 0 Å². The number of pyridine rings is 2. The van der Waals surface area contributed by atoms with Crippen LogP contribution in [0.5, 0.6) is 0 Å². The van der Waals surface area contributed by atoms with E-state index in [1.54, 1.807) is 52.6 Å². The van der Waals surface area contributed by atoms with Crippen molar-refractivity contribution in [2.75, 3.05) is 0 Å². The van der Waals surface area contributed by atoms with Crippen LogP contribution < -0.4 is 5.43 Å². The van der Waals surface area contributed by atoms with Gasteiger partial charge >= 0.3 is 0 Å². The molecule has 0 spiro atoms. The molecule has 0 amide bonds. The van der Waals surface area contributed by atoms with Crippen LogP contribution in [0, 0.1) is 6.92 Å². The summed E-state index contributed by atoms with van der Waals surface area (Å²) >= 11 is 0. The molecule has 0 N–H and O–H groups in total. The van der Waals surface area contributed by atoms with E-state index in [-0.39, 0.29) is 5.43 Å². The Morgan fingerprint density at radius 3 is 2.52 bits per heavy atom. The summed E-state index contributed by atoms with van der Waals surface area (Å²) in [5.41, 5.74) is 3.42. The summed E-state index contributed by atoms with van der Waals surface area (Å²) in [5, 5.41) is 8.86. The molecule has 122 valence electrons. The van der Waals surface area contributed by atoms with E-state index in [9.17, 15) is 4.79 Å². The molecule has 4 aromatic rings. The number of hydrogen-bond donors (Lipinski definition) is 0. The Labute approximate surface area is 143 Å². The maximum atomic E-state index is 12.4. The fourth-order valence-electron chi connectivity index (χ4n) is 2.60. The molecule has 0 aliphatic rings. The molecule has 0 atom stereocenters. The average molecular weight is 330 g/mol. The monoisotopic (exact) mass is 330 g/mol. The molecule has 0 aliphatic heterocycles. The zero-order valence-corrected chi connectivity index (χ0v) is 13.4. The van der Waals surface area contributed by atoms with E-state index >= 15 is 0 Å². The maximum absolute atomic E-state index is 12.4. The molecular formula is C18H14N6O. The zero-order chi connectivity index (χ0) is 17.2. The standard InChI is InChI=1S/C18H14N6O/c1-13-12-20-9-4-15(13)24-16(5-10-21-24)18-17(25)6-11-23(22-18)14-2-7-19-8-3-14/h2-12H,1H3. The second kappa shape index (κ2) is 6.12.